The number of hydrogen-bond acceptors (Lipinski definition) is 6. The lowest BCUT2D eigenvalue weighted by atomic mass is 10.1. The third-order valence-corrected chi connectivity index (χ3v) is 2.14. The first-order chi connectivity index (χ1) is 8.93. The molecule has 19 heavy (non-hydrogen) atoms. The topological polar surface area (TPSA) is 91.6 Å². The Balaban J connectivity index is 3.58. The zero-order valence-electron chi connectivity index (χ0n) is 10.1. The number of ether oxygens (including phenoxy) is 2. The normalized spacial score (nSPS) is 10.4. The maximum absolute atomic E-state index is 12.8. The van der Waals surface area contributed by atoms with Crippen LogP contribution < -0.4 is 4.74 Å². The third kappa shape index (κ3) is 2.92. The first-order valence-corrected chi connectivity index (χ1v) is 5.10. The van der Waals surface area contributed by atoms with Crippen molar-refractivity contribution in [1.82, 2.24) is 4.98 Å². The largest absolute Gasteiger partial charge is 0.489 e. The van der Waals surface area contributed by atoms with E-state index in [0.29, 0.717) is 0 Å². The minimum absolute atomic E-state index is 0.115. The second kappa shape index (κ2) is 6.03. The number of rotatable bonds is 5. The van der Waals surface area contributed by atoms with Crippen molar-refractivity contribution >= 4 is 11.7 Å². The molecule has 0 fully saturated rings. The maximum Gasteiger partial charge on any atom is 0.347 e. The van der Waals surface area contributed by atoms with Crippen LogP contribution in [0, 0.1) is 10.1 Å². The van der Waals surface area contributed by atoms with Crippen LogP contribution in [0.15, 0.2) is 6.20 Å². The van der Waals surface area contributed by atoms with Crippen molar-refractivity contribution in [3.63, 3.8) is 0 Å². The number of pyridine rings is 1. The zero-order chi connectivity index (χ0) is 14.6. The quantitative estimate of drug-likeness (QED) is 0.464. The standard InChI is InChI=1S/C10H10F2N2O5/c1-3-19-10(15)6-7(9(11)12)13-4-5(18-2)8(6)14(16)17/h4,9H,3H2,1-2H3. The highest BCUT2D eigenvalue weighted by atomic mass is 19.3. The monoisotopic (exact) mass is 276 g/mol. The summed E-state index contributed by atoms with van der Waals surface area (Å²) in [6, 6.07) is 0. The molecular weight excluding hydrogens is 266 g/mol. The molecule has 9 heteroatoms. The summed E-state index contributed by atoms with van der Waals surface area (Å²) in [7, 11) is 1.10. The molecule has 0 aliphatic rings. The lowest BCUT2D eigenvalue weighted by molar-refractivity contribution is -0.386. The van der Waals surface area contributed by atoms with Crippen molar-refractivity contribution in [1.29, 1.82) is 0 Å². The van der Waals surface area contributed by atoms with Gasteiger partial charge in [-0.15, -0.1) is 0 Å². The number of nitrogens with zero attached hydrogens (tertiary/aromatic N) is 2. The summed E-state index contributed by atoms with van der Waals surface area (Å²) in [5.74, 6) is -1.63. The Labute approximate surface area is 106 Å². The van der Waals surface area contributed by atoms with E-state index in [-0.39, 0.29) is 6.61 Å². The third-order valence-electron chi connectivity index (χ3n) is 2.14. The molecule has 0 radical (unpaired) electrons. The molecule has 1 aromatic rings. The summed E-state index contributed by atoms with van der Waals surface area (Å²) >= 11 is 0. The van der Waals surface area contributed by atoms with Gasteiger partial charge in [-0.3, -0.25) is 10.1 Å². The molecule has 0 saturated carbocycles. The van der Waals surface area contributed by atoms with Gasteiger partial charge in [-0.05, 0) is 6.92 Å². The number of alkyl halides is 2. The Morgan fingerprint density at radius 1 is 1.58 bits per heavy atom. The Bertz CT molecular complexity index is 507. The van der Waals surface area contributed by atoms with Crippen LogP contribution in [0.2, 0.25) is 0 Å². The number of carbonyl (C=O) groups is 1. The Hall–Kier alpha value is -2.32. The number of nitro groups is 1. The van der Waals surface area contributed by atoms with Gasteiger partial charge in [-0.25, -0.2) is 18.6 Å². The highest BCUT2D eigenvalue weighted by Gasteiger charge is 2.34. The van der Waals surface area contributed by atoms with E-state index in [4.69, 9.17) is 0 Å². The van der Waals surface area contributed by atoms with Crippen LogP contribution in [0.1, 0.15) is 29.4 Å². The number of esters is 1. The molecule has 1 aromatic heterocycles. The summed E-state index contributed by atoms with van der Waals surface area (Å²) in [6.45, 7) is 1.33. The molecule has 1 rings (SSSR count). The van der Waals surface area contributed by atoms with Gasteiger partial charge in [-0.1, -0.05) is 0 Å². The van der Waals surface area contributed by atoms with Crippen molar-refractivity contribution < 1.29 is 28.0 Å². The fourth-order valence-corrected chi connectivity index (χ4v) is 1.40. The average Bonchev–Trinajstić information content (AvgIpc) is 2.36. The Morgan fingerprint density at radius 3 is 2.63 bits per heavy atom. The van der Waals surface area contributed by atoms with Crippen molar-refractivity contribution in [3.05, 3.63) is 27.6 Å². The number of hydrogen-bond donors (Lipinski definition) is 0. The minimum atomic E-state index is -3.15. The fourth-order valence-electron chi connectivity index (χ4n) is 1.40. The lowest BCUT2D eigenvalue weighted by Gasteiger charge is -2.10. The van der Waals surface area contributed by atoms with Crippen LogP contribution in [0.3, 0.4) is 0 Å². The first kappa shape index (κ1) is 14.7. The van der Waals surface area contributed by atoms with E-state index < -0.39 is 40.0 Å². The van der Waals surface area contributed by atoms with Gasteiger partial charge in [-0.2, -0.15) is 0 Å². The van der Waals surface area contributed by atoms with E-state index in [1.807, 2.05) is 0 Å². The second-order valence-corrected chi connectivity index (χ2v) is 3.21. The number of halogens is 2. The van der Waals surface area contributed by atoms with Crippen LogP contribution in [0.5, 0.6) is 5.75 Å². The van der Waals surface area contributed by atoms with Crippen molar-refractivity contribution in [2.75, 3.05) is 13.7 Å². The number of aromatic nitrogens is 1. The number of methoxy groups -OCH3 is 1. The average molecular weight is 276 g/mol. The highest BCUT2D eigenvalue weighted by molar-refractivity contribution is 5.96. The smallest absolute Gasteiger partial charge is 0.347 e. The SMILES string of the molecule is CCOC(=O)c1c(C(F)F)ncc(OC)c1[N+](=O)[O-]. The molecule has 0 atom stereocenters. The van der Waals surface area contributed by atoms with Crippen molar-refractivity contribution in [2.45, 2.75) is 13.3 Å². The van der Waals surface area contributed by atoms with Crippen molar-refractivity contribution in [3.8, 4) is 5.75 Å². The summed E-state index contributed by atoms with van der Waals surface area (Å²) in [5.41, 5.74) is -2.78. The van der Waals surface area contributed by atoms with E-state index in [0.717, 1.165) is 13.3 Å². The molecular formula is C10H10F2N2O5. The molecule has 104 valence electrons. The van der Waals surface area contributed by atoms with Gasteiger partial charge >= 0.3 is 11.7 Å². The van der Waals surface area contributed by atoms with E-state index >= 15 is 0 Å². The molecule has 7 nitrogen and oxygen atoms in total. The zero-order valence-corrected chi connectivity index (χ0v) is 10.1. The maximum atomic E-state index is 12.8. The summed E-state index contributed by atoms with van der Waals surface area (Å²) in [4.78, 5) is 24.9. The van der Waals surface area contributed by atoms with E-state index in [2.05, 4.69) is 14.5 Å². The van der Waals surface area contributed by atoms with Crippen molar-refractivity contribution in [2.24, 2.45) is 0 Å². The van der Waals surface area contributed by atoms with E-state index in [9.17, 15) is 23.7 Å². The predicted molar refractivity (Wildman–Crippen MR) is 58.4 cm³/mol. The van der Waals surface area contributed by atoms with Gasteiger partial charge in [0, 0.05) is 0 Å². The number of carbonyl (C=O) groups excluding carboxylic acids is 1. The van der Waals surface area contributed by atoms with Crippen LogP contribution in [0.4, 0.5) is 14.5 Å². The molecule has 0 saturated heterocycles. The van der Waals surface area contributed by atoms with Gasteiger partial charge in [0.15, 0.2) is 5.56 Å². The fraction of sp³-hybridized carbons (Fsp3) is 0.400. The molecule has 0 aromatic carbocycles. The van der Waals surface area contributed by atoms with E-state index in [1.165, 1.54) is 6.92 Å². The van der Waals surface area contributed by atoms with Crippen LogP contribution in [-0.4, -0.2) is 29.6 Å². The van der Waals surface area contributed by atoms with E-state index in [1.54, 1.807) is 0 Å². The molecule has 0 spiro atoms. The van der Waals surface area contributed by atoms with Gasteiger partial charge < -0.3 is 9.47 Å². The highest BCUT2D eigenvalue weighted by Crippen LogP contribution is 2.35. The second-order valence-electron chi connectivity index (χ2n) is 3.21. The van der Waals surface area contributed by atoms with Gasteiger partial charge in [0.25, 0.3) is 6.43 Å². The molecule has 0 aliphatic heterocycles. The van der Waals surface area contributed by atoms with Crippen LogP contribution in [0.25, 0.3) is 0 Å². The van der Waals surface area contributed by atoms with Gasteiger partial charge in [0.1, 0.15) is 5.69 Å². The Kier molecular flexibility index (Phi) is 4.67. The molecule has 0 unspecified atom stereocenters. The predicted octanol–water partition coefficient (Wildman–Crippen LogP) is 2.11. The Morgan fingerprint density at radius 2 is 2.21 bits per heavy atom. The molecule has 0 N–H and O–H groups in total. The minimum Gasteiger partial charge on any atom is -0.489 e. The summed E-state index contributed by atoms with van der Waals surface area (Å²) in [6.07, 6.45) is -2.38. The summed E-state index contributed by atoms with van der Waals surface area (Å²) < 4.78 is 34.7. The van der Waals surface area contributed by atoms with Crippen LogP contribution in [-0.2, 0) is 4.74 Å². The van der Waals surface area contributed by atoms with Gasteiger partial charge in [0.2, 0.25) is 5.75 Å². The summed E-state index contributed by atoms with van der Waals surface area (Å²) in [5, 5.41) is 10.9. The lowest BCUT2D eigenvalue weighted by Crippen LogP contribution is -2.14. The van der Waals surface area contributed by atoms with Gasteiger partial charge in [0.05, 0.1) is 24.8 Å². The molecule has 1 heterocycles. The molecule has 0 amide bonds. The molecule has 0 bridgehead atoms. The first-order valence-electron chi connectivity index (χ1n) is 5.10. The van der Waals surface area contributed by atoms with Crippen LogP contribution >= 0.6 is 0 Å². The molecule has 0 aliphatic carbocycles.